The Kier molecular flexibility index (Phi) is 5.85. The summed E-state index contributed by atoms with van der Waals surface area (Å²) < 4.78 is 18.3. The number of nitrogens with zero attached hydrogens (tertiary/aromatic N) is 3. The standard InChI is InChI=1S/C27H29N5O6/c1-36-26(35)31-13-19(14-31)37-17-6-7-22-21(12-29-32(22)15-17)25(34)30-16-8-27(9-16)10-18(11-27)38-23-5-3-2-4-20(23)24(28)33/h2-7,12,15-16,18-19H,8-11,13-14H2,1H3,(H2,28,33)(H,30,34)/t16-,18-,27?. The number of nitrogens with two attached hydrogens (primary N) is 1. The van der Waals surface area contributed by atoms with Crippen LogP contribution in [-0.4, -0.2) is 70.9 Å². The lowest BCUT2D eigenvalue weighted by Crippen LogP contribution is -2.58. The summed E-state index contributed by atoms with van der Waals surface area (Å²) in [6.45, 7) is 0.932. The number of likely N-dealkylation sites (tertiary alicyclic amines) is 1. The summed E-state index contributed by atoms with van der Waals surface area (Å²) in [5.74, 6) is 0.497. The Balaban J connectivity index is 0.990. The van der Waals surface area contributed by atoms with Gasteiger partial charge in [0.15, 0.2) is 0 Å². The van der Waals surface area contributed by atoms with Crippen LogP contribution in [0.3, 0.4) is 0 Å². The number of amides is 3. The van der Waals surface area contributed by atoms with E-state index in [0.29, 0.717) is 41.2 Å². The van der Waals surface area contributed by atoms with Crippen molar-refractivity contribution < 1.29 is 28.6 Å². The van der Waals surface area contributed by atoms with Crippen LogP contribution < -0.4 is 20.5 Å². The van der Waals surface area contributed by atoms with Gasteiger partial charge in [0.1, 0.15) is 17.6 Å². The van der Waals surface area contributed by atoms with Gasteiger partial charge in [0.05, 0.1) is 55.3 Å². The molecule has 3 heterocycles. The molecule has 1 saturated heterocycles. The third-order valence-corrected chi connectivity index (χ3v) is 7.78. The number of primary amides is 1. The van der Waals surface area contributed by atoms with Crippen molar-refractivity contribution in [3.63, 3.8) is 0 Å². The second kappa shape index (κ2) is 9.23. The van der Waals surface area contributed by atoms with Crippen molar-refractivity contribution in [3.05, 3.63) is 59.9 Å². The lowest BCUT2D eigenvalue weighted by Gasteiger charge is -2.57. The number of rotatable bonds is 7. The predicted octanol–water partition coefficient (Wildman–Crippen LogP) is 2.38. The second-order valence-corrected chi connectivity index (χ2v) is 10.5. The van der Waals surface area contributed by atoms with Crippen LogP contribution in [0.4, 0.5) is 4.79 Å². The SMILES string of the molecule is COC(=O)N1CC(Oc2ccc3c(C(=O)N[C@H]4CC5(C4)C[C@H](Oc4ccccc4C(N)=O)C5)cnn3c2)C1. The minimum atomic E-state index is -0.497. The van der Waals surface area contributed by atoms with E-state index in [1.807, 2.05) is 12.1 Å². The first-order valence-electron chi connectivity index (χ1n) is 12.7. The third kappa shape index (κ3) is 4.37. The molecule has 6 rings (SSSR count). The van der Waals surface area contributed by atoms with Gasteiger partial charge in [-0.05, 0) is 55.4 Å². The highest BCUT2D eigenvalue weighted by Gasteiger charge is 2.54. The number of nitrogens with one attached hydrogen (secondary N) is 1. The molecule has 0 radical (unpaired) electrons. The van der Waals surface area contributed by atoms with Crippen LogP contribution in [0.25, 0.3) is 5.52 Å². The number of methoxy groups -OCH3 is 1. The second-order valence-electron chi connectivity index (χ2n) is 10.5. The number of hydrogen-bond acceptors (Lipinski definition) is 7. The van der Waals surface area contributed by atoms with E-state index in [0.717, 1.165) is 25.7 Å². The Morgan fingerprint density at radius 2 is 1.76 bits per heavy atom. The Morgan fingerprint density at radius 1 is 1.00 bits per heavy atom. The molecular formula is C27H29N5O6. The zero-order chi connectivity index (χ0) is 26.4. The number of carbonyl (C=O) groups is 3. The van der Waals surface area contributed by atoms with Gasteiger partial charge < -0.3 is 30.2 Å². The Labute approximate surface area is 218 Å². The molecular weight excluding hydrogens is 490 g/mol. The van der Waals surface area contributed by atoms with E-state index < -0.39 is 5.91 Å². The van der Waals surface area contributed by atoms with E-state index in [1.54, 1.807) is 46.1 Å². The summed E-state index contributed by atoms with van der Waals surface area (Å²) in [4.78, 5) is 37.6. The van der Waals surface area contributed by atoms with Gasteiger partial charge in [-0.3, -0.25) is 9.59 Å². The predicted molar refractivity (Wildman–Crippen MR) is 135 cm³/mol. The van der Waals surface area contributed by atoms with Crippen LogP contribution >= 0.6 is 0 Å². The van der Waals surface area contributed by atoms with E-state index in [9.17, 15) is 14.4 Å². The number of para-hydroxylation sites is 1. The molecule has 38 heavy (non-hydrogen) atoms. The fraction of sp³-hybridized carbons (Fsp3) is 0.407. The summed E-state index contributed by atoms with van der Waals surface area (Å²) in [6.07, 6.45) is 6.46. The largest absolute Gasteiger partial charge is 0.490 e. The monoisotopic (exact) mass is 519 g/mol. The molecule has 3 N–H and O–H groups in total. The van der Waals surface area contributed by atoms with Crippen LogP contribution in [0.1, 0.15) is 46.4 Å². The first kappa shape index (κ1) is 24.1. The lowest BCUT2D eigenvalue weighted by atomic mass is 9.53. The van der Waals surface area contributed by atoms with Crippen LogP contribution in [-0.2, 0) is 4.74 Å². The van der Waals surface area contributed by atoms with Crippen molar-refractivity contribution in [2.45, 2.75) is 43.9 Å². The third-order valence-electron chi connectivity index (χ3n) is 7.78. The van der Waals surface area contributed by atoms with Gasteiger partial charge in [-0.2, -0.15) is 5.10 Å². The highest BCUT2D eigenvalue weighted by molar-refractivity contribution is 6.00. The van der Waals surface area contributed by atoms with Crippen molar-refractivity contribution >= 4 is 23.4 Å². The Morgan fingerprint density at radius 3 is 2.50 bits per heavy atom. The molecule has 3 fully saturated rings. The minimum Gasteiger partial charge on any atom is -0.490 e. The summed E-state index contributed by atoms with van der Waals surface area (Å²) in [6, 6.07) is 10.8. The van der Waals surface area contributed by atoms with Crippen molar-refractivity contribution in [1.82, 2.24) is 19.8 Å². The number of carbonyl (C=O) groups excluding carboxylic acids is 3. The molecule has 3 aliphatic rings. The molecule has 3 amide bonds. The number of fused-ring (bicyclic) bond motifs is 1. The molecule has 3 aromatic rings. The first-order valence-corrected chi connectivity index (χ1v) is 12.7. The molecule has 1 spiro atoms. The van der Waals surface area contributed by atoms with E-state index >= 15 is 0 Å². The van der Waals surface area contributed by atoms with Gasteiger partial charge >= 0.3 is 6.09 Å². The molecule has 0 bridgehead atoms. The van der Waals surface area contributed by atoms with Crippen molar-refractivity contribution in [3.8, 4) is 11.5 Å². The van der Waals surface area contributed by atoms with Gasteiger partial charge in [-0.15, -0.1) is 0 Å². The maximum absolute atomic E-state index is 13.0. The van der Waals surface area contributed by atoms with E-state index in [-0.39, 0.29) is 35.7 Å². The maximum Gasteiger partial charge on any atom is 0.409 e. The van der Waals surface area contributed by atoms with Crippen molar-refractivity contribution in [1.29, 1.82) is 0 Å². The summed E-state index contributed by atoms with van der Waals surface area (Å²) in [7, 11) is 1.35. The molecule has 198 valence electrons. The lowest BCUT2D eigenvalue weighted by molar-refractivity contribution is -0.0834. The van der Waals surface area contributed by atoms with Gasteiger partial charge in [-0.1, -0.05) is 12.1 Å². The molecule has 2 aromatic heterocycles. The van der Waals surface area contributed by atoms with E-state index in [4.69, 9.17) is 19.9 Å². The van der Waals surface area contributed by atoms with Crippen LogP contribution in [0, 0.1) is 5.41 Å². The fourth-order valence-corrected chi connectivity index (χ4v) is 5.82. The highest BCUT2D eigenvalue weighted by atomic mass is 16.5. The smallest absolute Gasteiger partial charge is 0.409 e. The molecule has 2 saturated carbocycles. The minimum absolute atomic E-state index is 0.0478. The number of ether oxygens (including phenoxy) is 3. The van der Waals surface area contributed by atoms with Gasteiger partial charge in [0, 0.05) is 6.04 Å². The molecule has 2 aliphatic carbocycles. The Bertz CT molecular complexity index is 1400. The zero-order valence-corrected chi connectivity index (χ0v) is 21.0. The van der Waals surface area contributed by atoms with Crippen molar-refractivity contribution in [2.75, 3.05) is 20.2 Å². The molecule has 11 heteroatoms. The quantitative estimate of drug-likeness (QED) is 0.489. The van der Waals surface area contributed by atoms with Gasteiger partial charge in [-0.25, -0.2) is 9.31 Å². The summed E-state index contributed by atoms with van der Waals surface area (Å²) in [5, 5.41) is 7.46. The average Bonchev–Trinajstić information content (AvgIpc) is 3.26. The average molecular weight is 520 g/mol. The van der Waals surface area contributed by atoms with Crippen LogP contribution in [0.15, 0.2) is 48.8 Å². The normalized spacial score (nSPS) is 24.2. The maximum atomic E-state index is 13.0. The van der Waals surface area contributed by atoms with Crippen molar-refractivity contribution in [2.24, 2.45) is 11.1 Å². The summed E-state index contributed by atoms with van der Waals surface area (Å²) in [5.41, 5.74) is 7.23. The molecule has 11 nitrogen and oxygen atoms in total. The molecule has 0 atom stereocenters. The molecule has 1 aliphatic heterocycles. The van der Waals surface area contributed by atoms with Gasteiger partial charge in [0.25, 0.3) is 11.8 Å². The number of hydrogen-bond donors (Lipinski definition) is 2. The fourth-order valence-electron chi connectivity index (χ4n) is 5.82. The van der Waals surface area contributed by atoms with E-state index in [1.165, 1.54) is 7.11 Å². The van der Waals surface area contributed by atoms with Crippen LogP contribution in [0.2, 0.25) is 0 Å². The van der Waals surface area contributed by atoms with E-state index in [2.05, 4.69) is 10.4 Å². The topological polar surface area (TPSA) is 137 Å². The summed E-state index contributed by atoms with van der Waals surface area (Å²) >= 11 is 0. The highest BCUT2D eigenvalue weighted by Crippen LogP contribution is 2.57. The molecule has 0 unspecified atom stereocenters. The van der Waals surface area contributed by atoms with Gasteiger partial charge in [0.2, 0.25) is 0 Å². The molecule has 1 aromatic carbocycles. The number of pyridine rings is 1. The number of aromatic nitrogens is 2. The number of benzene rings is 1. The first-order chi connectivity index (χ1) is 18.3. The Hall–Kier alpha value is -4.28. The van der Waals surface area contributed by atoms with Crippen LogP contribution in [0.5, 0.6) is 11.5 Å². The zero-order valence-electron chi connectivity index (χ0n) is 21.0.